The van der Waals surface area contributed by atoms with Crippen molar-refractivity contribution in [2.75, 3.05) is 23.0 Å². The summed E-state index contributed by atoms with van der Waals surface area (Å²) < 4.78 is 34.3. The molecule has 2 unspecified atom stereocenters. The number of aryl methyl sites for hydroxylation is 1. The number of thiocarbonyl (C=S) groups is 1. The van der Waals surface area contributed by atoms with Crippen LogP contribution in [0.1, 0.15) is 34.7 Å². The van der Waals surface area contributed by atoms with Crippen molar-refractivity contribution in [3.05, 3.63) is 101 Å². The summed E-state index contributed by atoms with van der Waals surface area (Å²) in [5.41, 5.74) is 5.79. The van der Waals surface area contributed by atoms with Crippen LogP contribution >= 0.6 is 23.8 Å². The second kappa shape index (κ2) is 10.5. The summed E-state index contributed by atoms with van der Waals surface area (Å²) in [6, 6.07) is 20.4. The molecule has 0 spiro atoms. The number of hydrogen-bond acceptors (Lipinski definition) is 5. The SMILES string of the molecule is COc1ccc(N2C(=S)NC(c3ccccn3)C2c2cc(C)n(-c3ccccc3Cl)c2C)cc1NS(C)(=O)=O. The number of nitrogens with one attached hydrogen (secondary N) is 2. The minimum Gasteiger partial charge on any atom is -0.495 e. The first-order chi connectivity index (χ1) is 18.6. The maximum absolute atomic E-state index is 12.1. The van der Waals surface area contributed by atoms with E-state index in [1.165, 1.54) is 7.11 Å². The molecule has 1 saturated heterocycles. The fourth-order valence-electron chi connectivity index (χ4n) is 5.17. The molecule has 39 heavy (non-hydrogen) atoms. The second-order valence-corrected chi connectivity index (χ2v) is 11.9. The molecule has 8 nitrogen and oxygen atoms in total. The number of sulfonamides is 1. The van der Waals surface area contributed by atoms with Crippen molar-refractivity contribution in [1.82, 2.24) is 14.9 Å². The quantitative estimate of drug-likeness (QED) is 0.271. The number of ether oxygens (including phenoxy) is 1. The Bertz CT molecular complexity index is 1660. The van der Waals surface area contributed by atoms with Crippen LogP contribution in [0.15, 0.2) is 72.9 Å². The summed E-state index contributed by atoms with van der Waals surface area (Å²) in [4.78, 5) is 6.64. The van der Waals surface area contributed by atoms with Crippen LogP contribution in [0.2, 0.25) is 5.02 Å². The molecule has 0 radical (unpaired) electrons. The monoisotopic (exact) mass is 581 g/mol. The van der Waals surface area contributed by atoms with Crippen molar-refractivity contribution < 1.29 is 13.2 Å². The van der Waals surface area contributed by atoms with Gasteiger partial charge in [0, 0.05) is 23.3 Å². The molecule has 1 fully saturated rings. The molecule has 1 aliphatic rings. The van der Waals surface area contributed by atoms with E-state index in [2.05, 4.69) is 32.6 Å². The van der Waals surface area contributed by atoms with Crippen LogP contribution in [0.25, 0.3) is 5.69 Å². The zero-order valence-corrected chi connectivity index (χ0v) is 24.2. The Morgan fingerprint density at radius 1 is 1.08 bits per heavy atom. The average molecular weight is 582 g/mol. The minimum atomic E-state index is -3.55. The number of aromatic nitrogens is 2. The maximum Gasteiger partial charge on any atom is 0.229 e. The summed E-state index contributed by atoms with van der Waals surface area (Å²) in [6.45, 7) is 4.10. The van der Waals surface area contributed by atoms with E-state index in [1.54, 1.807) is 18.3 Å². The highest BCUT2D eigenvalue weighted by Crippen LogP contribution is 2.45. The molecule has 4 aromatic rings. The molecule has 1 aliphatic heterocycles. The molecule has 2 aromatic heterocycles. The van der Waals surface area contributed by atoms with Crippen LogP contribution in [0, 0.1) is 13.8 Å². The predicted molar refractivity (Wildman–Crippen MR) is 160 cm³/mol. The van der Waals surface area contributed by atoms with Gasteiger partial charge in [0.2, 0.25) is 10.0 Å². The Balaban J connectivity index is 1.69. The van der Waals surface area contributed by atoms with Crippen LogP contribution in [0.3, 0.4) is 0 Å². The smallest absolute Gasteiger partial charge is 0.229 e. The van der Waals surface area contributed by atoms with E-state index in [1.807, 2.05) is 60.4 Å². The van der Waals surface area contributed by atoms with Gasteiger partial charge in [-0.05, 0) is 80.2 Å². The lowest BCUT2D eigenvalue weighted by atomic mass is 9.96. The van der Waals surface area contributed by atoms with Gasteiger partial charge in [0.25, 0.3) is 0 Å². The lowest BCUT2D eigenvalue weighted by molar-refractivity contribution is 0.417. The molecule has 2 aromatic carbocycles. The zero-order chi connectivity index (χ0) is 27.9. The molecular formula is C28H28ClN5O3S2. The van der Waals surface area contributed by atoms with E-state index < -0.39 is 10.0 Å². The largest absolute Gasteiger partial charge is 0.495 e. The average Bonchev–Trinajstić information content (AvgIpc) is 3.39. The first-order valence-electron chi connectivity index (χ1n) is 12.2. The highest BCUT2D eigenvalue weighted by molar-refractivity contribution is 7.92. The molecule has 0 saturated carbocycles. The lowest BCUT2D eigenvalue weighted by Gasteiger charge is -2.29. The number of anilines is 2. The van der Waals surface area contributed by atoms with Crippen molar-refractivity contribution in [3.63, 3.8) is 0 Å². The Hall–Kier alpha value is -3.60. The van der Waals surface area contributed by atoms with E-state index in [4.69, 9.17) is 28.6 Å². The van der Waals surface area contributed by atoms with Crippen molar-refractivity contribution in [2.24, 2.45) is 0 Å². The molecular weight excluding hydrogens is 554 g/mol. The molecule has 2 atom stereocenters. The molecule has 0 bridgehead atoms. The van der Waals surface area contributed by atoms with E-state index in [9.17, 15) is 8.42 Å². The third-order valence-electron chi connectivity index (χ3n) is 6.74. The Morgan fingerprint density at radius 2 is 1.82 bits per heavy atom. The third kappa shape index (κ3) is 5.19. The number of rotatable bonds is 7. The molecule has 5 rings (SSSR count). The van der Waals surface area contributed by atoms with Gasteiger partial charge in [-0.25, -0.2) is 8.42 Å². The van der Waals surface area contributed by atoms with Crippen LogP contribution in [0.5, 0.6) is 5.75 Å². The summed E-state index contributed by atoms with van der Waals surface area (Å²) in [5.74, 6) is 0.400. The van der Waals surface area contributed by atoms with Gasteiger partial charge in [0.1, 0.15) is 5.75 Å². The van der Waals surface area contributed by atoms with Crippen LogP contribution in [0.4, 0.5) is 11.4 Å². The third-order valence-corrected chi connectivity index (χ3v) is 7.96. The number of pyridine rings is 1. The fourth-order valence-corrected chi connectivity index (χ4v) is 6.29. The number of nitrogens with zero attached hydrogens (tertiary/aromatic N) is 3. The first kappa shape index (κ1) is 27.0. The Morgan fingerprint density at radius 3 is 2.49 bits per heavy atom. The minimum absolute atomic E-state index is 0.271. The molecule has 2 N–H and O–H groups in total. The van der Waals surface area contributed by atoms with E-state index >= 15 is 0 Å². The summed E-state index contributed by atoms with van der Waals surface area (Å²) >= 11 is 12.5. The first-order valence-corrected chi connectivity index (χ1v) is 14.9. The van der Waals surface area contributed by atoms with Gasteiger partial charge in [-0.1, -0.05) is 29.8 Å². The van der Waals surface area contributed by atoms with Gasteiger partial charge in [-0.15, -0.1) is 0 Å². The van der Waals surface area contributed by atoms with Gasteiger partial charge in [-0.3, -0.25) is 9.71 Å². The normalized spacial score (nSPS) is 17.3. The summed E-state index contributed by atoms with van der Waals surface area (Å²) in [7, 11) is -2.06. The van der Waals surface area contributed by atoms with Crippen molar-refractivity contribution >= 4 is 50.3 Å². The Labute approximate surface area is 238 Å². The van der Waals surface area contributed by atoms with Gasteiger partial charge in [0.05, 0.1) is 47.5 Å². The standard InChI is InChI=1S/C28H28ClN5O3S2/c1-17-15-20(18(2)33(17)24-11-6-5-9-21(24)29)27-26(22-10-7-8-14-30-22)31-28(38)34(27)19-12-13-25(37-3)23(16-19)32-39(4,35)36/h5-16,26-27,32H,1-4H3,(H,31,38). The second-order valence-electron chi connectivity index (χ2n) is 9.37. The summed E-state index contributed by atoms with van der Waals surface area (Å²) in [5, 5.41) is 4.60. The number of para-hydroxylation sites is 1. The lowest BCUT2D eigenvalue weighted by Crippen LogP contribution is -2.29. The maximum atomic E-state index is 12.1. The van der Waals surface area contributed by atoms with Crippen molar-refractivity contribution in [3.8, 4) is 11.4 Å². The van der Waals surface area contributed by atoms with Gasteiger partial charge in [0.15, 0.2) is 5.11 Å². The molecule has 0 amide bonds. The molecule has 0 aliphatic carbocycles. The number of methoxy groups -OCH3 is 1. The highest BCUT2D eigenvalue weighted by atomic mass is 35.5. The predicted octanol–water partition coefficient (Wildman–Crippen LogP) is 5.70. The molecule has 11 heteroatoms. The number of benzene rings is 2. The van der Waals surface area contributed by atoms with Gasteiger partial charge in [-0.2, -0.15) is 0 Å². The topological polar surface area (TPSA) is 88.5 Å². The molecule has 3 heterocycles. The van der Waals surface area contributed by atoms with Gasteiger partial charge < -0.3 is 19.5 Å². The Kier molecular flexibility index (Phi) is 7.28. The van der Waals surface area contributed by atoms with E-state index in [0.29, 0.717) is 27.3 Å². The van der Waals surface area contributed by atoms with Crippen molar-refractivity contribution in [1.29, 1.82) is 0 Å². The van der Waals surface area contributed by atoms with E-state index in [-0.39, 0.29) is 12.1 Å². The number of halogens is 1. The fraction of sp³-hybridized carbons (Fsp3) is 0.214. The summed E-state index contributed by atoms with van der Waals surface area (Å²) in [6.07, 6.45) is 2.86. The highest BCUT2D eigenvalue weighted by Gasteiger charge is 2.42. The van der Waals surface area contributed by atoms with Crippen LogP contribution in [-0.2, 0) is 10.0 Å². The molecule has 202 valence electrons. The van der Waals surface area contributed by atoms with Crippen molar-refractivity contribution in [2.45, 2.75) is 25.9 Å². The van der Waals surface area contributed by atoms with Gasteiger partial charge >= 0.3 is 0 Å². The zero-order valence-electron chi connectivity index (χ0n) is 21.8. The van der Waals surface area contributed by atoms with Crippen LogP contribution < -0.4 is 19.7 Å². The number of hydrogen-bond donors (Lipinski definition) is 2. The van der Waals surface area contributed by atoms with E-state index in [0.717, 1.165) is 34.6 Å². The van der Waals surface area contributed by atoms with Crippen LogP contribution in [-0.4, -0.2) is 36.4 Å².